The molecule has 0 aliphatic rings. The fraction of sp³-hybridized carbons (Fsp3) is 0.316. The number of carbonyl (C=O) groups excluding carboxylic acids is 1. The van der Waals surface area contributed by atoms with Crippen molar-refractivity contribution < 1.29 is 9.53 Å². The number of benzene rings is 2. The van der Waals surface area contributed by atoms with Crippen LogP contribution in [0.15, 0.2) is 48.5 Å². The highest BCUT2D eigenvalue weighted by atomic mass is 16.5. The second-order valence-electron chi connectivity index (χ2n) is 5.84. The molecule has 2 amide bonds. The van der Waals surface area contributed by atoms with Crippen LogP contribution in [0.2, 0.25) is 0 Å². The van der Waals surface area contributed by atoms with Crippen molar-refractivity contribution in [3.05, 3.63) is 65.2 Å². The zero-order valence-corrected chi connectivity index (χ0v) is 13.9. The third-order valence-electron chi connectivity index (χ3n) is 3.44. The molecule has 0 spiro atoms. The Morgan fingerprint density at radius 2 is 1.83 bits per heavy atom. The Labute approximate surface area is 137 Å². The van der Waals surface area contributed by atoms with E-state index in [-0.39, 0.29) is 12.1 Å². The van der Waals surface area contributed by atoms with Crippen LogP contribution in [0.4, 0.5) is 4.79 Å². The molecule has 1 unspecified atom stereocenters. The molecule has 2 N–H and O–H groups in total. The van der Waals surface area contributed by atoms with Crippen molar-refractivity contribution >= 4 is 6.03 Å². The van der Waals surface area contributed by atoms with Gasteiger partial charge in [-0.15, -0.1) is 0 Å². The van der Waals surface area contributed by atoms with Gasteiger partial charge in [-0.3, -0.25) is 0 Å². The minimum Gasteiger partial charge on any atom is -0.491 e. The van der Waals surface area contributed by atoms with Gasteiger partial charge in [0.2, 0.25) is 0 Å². The Hall–Kier alpha value is -2.49. The van der Waals surface area contributed by atoms with Crippen LogP contribution < -0.4 is 15.4 Å². The van der Waals surface area contributed by atoms with Gasteiger partial charge in [0.15, 0.2) is 0 Å². The highest BCUT2D eigenvalue weighted by molar-refractivity contribution is 5.74. The summed E-state index contributed by atoms with van der Waals surface area (Å²) in [6, 6.07) is 15.7. The lowest BCUT2D eigenvalue weighted by Gasteiger charge is -2.16. The number of rotatable bonds is 6. The van der Waals surface area contributed by atoms with E-state index in [1.807, 2.05) is 69.3 Å². The first-order valence-corrected chi connectivity index (χ1v) is 7.82. The third kappa shape index (κ3) is 6.02. The lowest BCUT2D eigenvalue weighted by Crippen LogP contribution is -2.42. The summed E-state index contributed by atoms with van der Waals surface area (Å²) in [6.07, 6.45) is 0. The van der Waals surface area contributed by atoms with Gasteiger partial charge in [-0.1, -0.05) is 42.0 Å². The van der Waals surface area contributed by atoms with Crippen LogP contribution in [-0.2, 0) is 6.54 Å². The normalized spacial score (nSPS) is 11.6. The first-order chi connectivity index (χ1) is 11.0. The van der Waals surface area contributed by atoms with Gasteiger partial charge in [-0.25, -0.2) is 4.79 Å². The average molecular weight is 312 g/mol. The van der Waals surface area contributed by atoms with E-state index in [1.165, 1.54) is 5.56 Å². The quantitative estimate of drug-likeness (QED) is 0.856. The van der Waals surface area contributed by atoms with Gasteiger partial charge in [-0.05, 0) is 44.0 Å². The Morgan fingerprint density at radius 1 is 1.09 bits per heavy atom. The van der Waals surface area contributed by atoms with Crippen molar-refractivity contribution in [1.29, 1.82) is 0 Å². The number of aryl methyl sites for hydroxylation is 2. The molecule has 0 radical (unpaired) electrons. The summed E-state index contributed by atoms with van der Waals surface area (Å²) in [4.78, 5) is 11.9. The third-order valence-corrected chi connectivity index (χ3v) is 3.44. The predicted octanol–water partition coefficient (Wildman–Crippen LogP) is 3.57. The standard InChI is InChI=1S/C19H24N2O2/c1-14-7-9-17(10-8-14)12-20-19(22)21-16(3)13-23-18-6-4-5-15(2)11-18/h4-11,16H,12-13H2,1-3H3,(H2,20,21,22). The number of urea groups is 1. The number of amides is 2. The van der Waals surface area contributed by atoms with E-state index in [4.69, 9.17) is 4.74 Å². The van der Waals surface area contributed by atoms with E-state index in [0.29, 0.717) is 13.2 Å². The maximum atomic E-state index is 11.9. The van der Waals surface area contributed by atoms with Gasteiger partial charge in [0.1, 0.15) is 12.4 Å². The van der Waals surface area contributed by atoms with Crippen LogP contribution in [-0.4, -0.2) is 18.7 Å². The van der Waals surface area contributed by atoms with Crippen molar-refractivity contribution in [1.82, 2.24) is 10.6 Å². The molecule has 4 nitrogen and oxygen atoms in total. The van der Waals surface area contributed by atoms with E-state index < -0.39 is 0 Å². The highest BCUT2D eigenvalue weighted by Crippen LogP contribution is 2.12. The summed E-state index contributed by atoms with van der Waals surface area (Å²) in [5, 5.41) is 5.72. The Kier molecular flexibility index (Phi) is 6.03. The van der Waals surface area contributed by atoms with Crippen LogP contribution in [0.5, 0.6) is 5.75 Å². The van der Waals surface area contributed by atoms with Crippen molar-refractivity contribution in [2.75, 3.05) is 6.61 Å². The molecule has 2 rings (SSSR count). The fourth-order valence-corrected chi connectivity index (χ4v) is 2.13. The van der Waals surface area contributed by atoms with Gasteiger partial charge in [0, 0.05) is 6.54 Å². The molecule has 0 saturated heterocycles. The largest absolute Gasteiger partial charge is 0.491 e. The minimum absolute atomic E-state index is 0.0754. The van der Waals surface area contributed by atoms with Gasteiger partial charge in [-0.2, -0.15) is 0 Å². The number of hydrogen-bond donors (Lipinski definition) is 2. The topological polar surface area (TPSA) is 50.4 Å². The lowest BCUT2D eigenvalue weighted by molar-refractivity contribution is 0.226. The van der Waals surface area contributed by atoms with E-state index >= 15 is 0 Å². The van der Waals surface area contributed by atoms with Crippen LogP contribution in [0, 0.1) is 13.8 Å². The second kappa shape index (κ2) is 8.22. The van der Waals surface area contributed by atoms with Crippen LogP contribution in [0.25, 0.3) is 0 Å². The van der Waals surface area contributed by atoms with Gasteiger partial charge in [0.25, 0.3) is 0 Å². The molecule has 0 heterocycles. The predicted molar refractivity (Wildman–Crippen MR) is 92.7 cm³/mol. The molecule has 2 aromatic carbocycles. The van der Waals surface area contributed by atoms with Gasteiger partial charge >= 0.3 is 6.03 Å². The monoisotopic (exact) mass is 312 g/mol. The highest BCUT2D eigenvalue weighted by Gasteiger charge is 2.07. The molecular weight excluding hydrogens is 288 g/mol. The van der Waals surface area contributed by atoms with Crippen molar-refractivity contribution in [3.63, 3.8) is 0 Å². The summed E-state index contributed by atoms with van der Waals surface area (Å²) in [6.45, 7) is 6.92. The Bertz CT molecular complexity index is 638. The molecule has 2 aromatic rings. The summed E-state index contributed by atoms with van der Waals surface area (Å²) < 4.78 is 5.68. The number of ether oxygens (including phenoxy) is 1. The van der Waals surface area contributed by atoms with Gasteiger partial charge in [0.05, 0.1) is 6.04 Å². The Balaban J connectivity index is 1.70. The molecule has 0 aliphatic carbocycles. The summed E-state index contributed by atoms with van der Waals surface area (Å²) in [5.41, 5.74) is 3.44. The van der Waals surface area contributed by atoms with E-state index in [1.54, 1.807) is 0 Å². The molecule has 0 bridgehead atoms. The lowest BCUT2D eigenvalue weighted by atomic mass is 10.1. The number of nitrogens with one attached hydrogen (secondary N) is 2. The SMILES string of the molecule is Cc1ccc(CNC(=O)NC(C)COc2cccc(C)c2)cc1. The van der Waals surface area contributed by atoms with Crippen molar-refractivity contribution in [2.24, 2.45) is 0 Å². The summed E-state index contributed by atoms with van der Waals surface area (Å²) in [5.74, 6) is 0.818. The maximum Gasteiger partial charge on any atom is 0.315 e. The van der Waals surface area contributed by atoms with E-state index in [2.05, 4.69) is 10.6 Å². The molecule has 1 atom stereocenters. The molecule has 0 saturated carbocycles. The second-order valence-corrected chi connectivity index (χ2v) is 5.84. The van der Waals surface area contributed by atoms with E-state index in [0.717, 1.165) is 16.9 Å². The molecular formula is C19H24N2O2. The maximum absolute atomic E-state index is 11.9. The molecule has 4 heteroatoms. The first-order valence-electron chi connectivity index (χ1n) is 7.82. The smallest absolute Gasteiger partial charge is 0.315 e. The number of carbonyl (C=O) groups is 1. The molecule has 0 aliphatic heterocycles. The van der Waals surface area contributed by atoms with Crippen LogP contribution in [0.1, 0.15) is 23.6 Å². The molecule has 0 fully saturated rings. The minimum atomic E-state index is -0.189. The molecule has 122 valence electrons. The van der Waals surface area contributed by atoms with Gasteiger partial charge < -0.3 is 15.4 Å². The first kappa shape index (κ1) is 16.9. The number of hydrogen-bond acceptors (Lipinski definition) is 2. The van der Waals surface area contributed by atoms with Crippen molar-refractivity contribution in [3.8, 4) is 5.75 Å². The molecule has 23 heavy (non-hydrogen) atoms. The zero-order chi connectivity index (χ0) is 16.7. The van der Waals surface area contributed by atoms with E-state index in [9.17, 15) is 4.79 Å². The Morgan fingerprint density at radius 3 is 2.52 bits per heavy atom. The fourth-order valence-electron chi connectivity index (χ4n) is 2.13. The van der Waals surface area contributed by atoms with Crippen molar-refractivity contribution in [2.45, 2.75) is 33.4 Å². The summed E-state index contributed by atoms with van der Waals surface area (Å²) >= 11 is 0. The average Bonchev–Trinajstić information content (AvgIpc) is 2.52. The molecule has 0 aromatic heterocycles. The van der Waals surface area contributed by atoms with Crippen LogP contribution in [0.3, 0.4) is 0 Å². The summed E-state index contributed by atoms with van der Waals surface area (Å²) in [7, 11) is 0. The van der Waals surface area contributed by atoms with Crippen LogP contribution >= 0.6 is 0 Å². The zero-order valence-electron chi connectivity index (χ0n) is 13.9.